The summed E-state index contributed by atoms with van der Waals surface area (Å²) in [6, 6.07) is 7.72. The molecule has 1 aromatic heterocycles. The van der Waals surface area contributed by atoms with E-state index in [4.69, 9.17) is 0 Å². The fraction of sp³-hybridized carbons (Fsp3) is 0.308. The summed E-state index contributed by atoms with van der Waals surface area (Å²) >= 11 is 4.84. The first-order chi connectivity index (χ1) is 9.60. The molecule has 0 N–H and O–H groups in total. The first-order valence-corrected chi connectivity index (χ1v) is 8.93. The molecule has 0 aliphatic carbocycles. The molecule has 0 aliphatic rings. The number of carbonyl (C=O) groups is 1. The lowest BCUT2D eigenvalue weighted by atomic mass is 10.1. The highest BCUT2D eigenvalue weighted by Crippen LogP contribution is 2.29. The zero-order valence-corrected chi connectivity index (χ0v) is 13.9. The van der Waals surface area contributed by atoms with Gasteiger partial charge in [-0.05, 0) is 24.0 Å². The Hall–Kier alpha value is -1.05. The molecule has 7 heteroatoms. The molecule has 0 radical (unpaired) electrons. The Bertz CT molecular complexity index is 598. The summed E-state index contributed by atoms with van der Waals surface area (Å²) in [6.45, 7) is 0. The van der Waals surface area contributed by atoms with Crippen LogP contribution in [0.3, 0.4) is 0 Å². The molecule has 0 fully saturated rings. The topological polar surface area (TPSA) is 46.1 Å². The van der Waals surface area contributed by atoms with E-state index >= 15 is 0 Å². The molecule has 106 valence electrons. The van der Waals surface area contributed by atoms with Crippen LogP contribution >= 0.6 is 34.9 Å². The van der Waals surface area contributed by atoms with Gasteiger partial charge in [0.25, 0.3) is 5.91 Å². The Morgan fingerprint density at radius 3 is 2.70 bits per heavy atom. The predicted molar refractivity (Wildman–Crippen MR) is 85.7 cm³/mol. The summed E-state index contributed by atoms with van der Waals surface area (Å²) in [5.41, 5.74) is 1.83. The molecule has 1 amide bonds. The fourth-order valence-corrected chi connectivity index (χ4v) is 3.92. The highest BCUT2D eigenvalue weighted by atomic mass is 32.2. The Morgan fingerprint density at radius 2 is 2.05 bits per heavy atom. The van der Waals surface area contributed by atoms with Crippen LogP contribution in [-0.4, -0.2) is 41.4 Å². The molecule has 0 unspecified atom stereocenters. The highest BCUT2D eigenvalue weighted by molar-refractivity contribution is 8.02. The molecule has 0 bridgehead atoms. The maximum absolute atomic E-state index is 11.9. The SMILES string of the molecule is CSc1nnc(SCc2cccc(C(=O)N(C)C)c2)s1. The van der Waals surface area contributed by atoms with Crippen LogP contribution < -0.4 is 0 Å². The molecular weight excluding hydrogens is 310 g/mol. The van der Waals surface area contributed by atoms with Crippen LogP contribution in [-0.2, 0) is 5.75 Å². The Balaban J connectivity index is 2.02. The zero-order valence-electron chi connectivity index (χ0n) is 11.5. The van der Waals surface area contributed by atoms with Crippen LogP contribution in [0.15, 0.2) is 32.9 Å². The van der Waals surface area contributed by atoms with Crippen molar-refractivity contribution in [3.05, 3.63) is 35.4 Å². The van der Waals surface area contributed by atoms with E-state index in [0.717, 1.165) is 25.6 Å². The average Bonchev–Trinajstić information content (AvgIpc) is 2.92. The van der Waals surface area contributed by atoms with Crippen molar-refractivity contribution in [1.29, 1.82) is 0 Å². The second kappa shape index (κ2) is 7.10. The molecule has 4 nitrogen and oxygen atoms in total. The number of nitrogens with zero attached hydrogens (tertiary/aromatic N) is 3. The minimum absolute atomic E-state index is 0.0254. The monoisotopic (exact) mass is 325 g/mol. The maximum Gasteiger partial charge on any atom is 0.253 e. The number of thioether (sulfide) groups is 2. The maximum atomic E-state index is 11.9. The van der Waals surface area contributed by atoms with Crippen molar-refractivity contribution in [2.24, 2.45) is 0 Å². The third-order valence-electron chi connectivity index (χ3n) is 2.50. The molecular formula is C13H15N3OS3. The van der Waals surface area contributed by atoms with Crippen molar-refractivity contribution in [1.82, 2.24) is 15.1 Å². The Morgan fingerprint density at radius 1 is 1.30 bits per heavy atom. The van der Waals surface area contributed by atoms with E-state index in [-0.39, 0.29) is 5.91 Å². The van der Waals surface area contributed by atoms with Gasteiger partial charge in [0.15, 0.2) is 8.68 Å². The molecule has 1 heterocycles. The highest BCUT2D eigenvalue weighted by Gasteiger charge is 2.09. The second-order valence-electron chi connectivity index (χ2n) is 4.23. The molecule has 0 aliphatic heterocycles. The van der Waals surface area contributed by atoms with E-state index in [0.29, 0.717) is 0 Å². The Labute approximate surface area is 131 Å². The largest absolute Gasteiger partial charge is 0.345 e. The van der Waals surface area contributed by atoms with E-state index in [1.807, 2.05) is 30.5 Å². The van der Waals surface area contributed by atoms with Gasteiger partial charge in [-0.3, -0.25) is 4.79 Å². The van der Waals surface area contributed by atoms with Crippen molar-refractivity contribution in [3.63, 3.8) is 0 Å². The van der Waals surface area contributed by atoms with E-state index in [2.05, 4.69) is 10.2 Å². The van der Waals surface area contributed by atoms with Crippen LogP contribution in [0.1, 0.15) is 15.9 Å². The number of rotatable bonds is 5. The minimum atomic E-state index is 0.0254. The van der Waals surface area contributed by atoms with Gasteiger partial charge in [-0.25, -0.2) is 0 Å². The van der Waals surface area contributed by atoms with E-state index in [1.165, 1.54) is 0 Å². The summed E-state index contributed by atoms with van der Waals surface area (Å²) in [4.78, 5) is 13.5. The van der Waals surface area contributed by atoms with Crippen LogP contribution in [0.4, 0.5) is 0 Å². The summed E-state index contributed by atoms with van der Waals surface area (Å²) in [5, 5.41) is 8.19. The van der Waals surface area contributed by atoms with Crippen molar-refractivity contribution in [3.8, 4) is 0 Å². The third kappa shape index (κ3) is 3.97. The lowest BCUT2D eigenvalue weighted by Crippen LogP contribution is -2.21. The van der Waals surface area contributed by atoms with Gasteiger partial charge in [0.1, 0.15) is 0 Å². The van der Waals surface area contributed by atoms with Gasteiger partial charge in [-0.15, -0.1) is 10.2 Å². The minimum Gasteiger partial charge on any atom is -0.345 e. The number of carbonyl (C=O) groups excluding carboxylic acids is 1. The molecule has 2 rings (SSSR count). The van der Waals surface area contributed by atoms with Gasteiger partial charge >= 0.3 is 0 Å². The van der Waals surface area contributed by atoms with Crippen molar-refractivity contribution in [2.45, 2.75) is 14.4 Å². The third-order valence-corrected chi connectivity index (χ3v) is 5.61. The zero-order chi connectivity index (χ0) is 14.5. The lowest BCUT2D eigenvalue weighted by molar-refractivity contribution is 0.0827. The first kappa shape index (κ1) is 15.3. The fourth-order valence-electron chi connectivity index (χ4n) is 1.54. The van der Waals surface area contributed by atoms with Gasteiger partial charge in [0.05, 0.1) is 0 Å². The number of aromatic nitrogens is 2. The average molecular weight is 325 g/mol. The van der Waals surface area contributed by atoms with Crippen LogP contribution in [0.2, 0.25) is 0 Å². The molecule has 0 spiro atoms. The molecule has 1 aromatic carbocycles. The van der Waals surface area contributed by atoms with Crippen LogP contribution in [0.25, 0.3) is 0 Å². The van der Waals surface area contributed by atoms with Crippen molar-refractivity contribution >= 4 is 40.8 Å². The molecule has 20 heavy (non-hydrogen) atoms. The van der Waals surface area contributed by atoms with Gasteiger partial charge in [-0.2, -0.15) is 0 Å². The number of hydrogen-bond acceptors (Lipinski definition) is 6. The van der Waals surface area contributed by atoms with Crippen LogP contribution in [0.5, 0.6) is 0 Å². The quantitative estimate of drug-likeness (QED) is 0.790. The van der Waals surface area contributed by atoms with E-state index in [1.54, 1.807) is 53.9 Å². The van der Waals surface area contributed by atoms with Gasteiger partial charge in [-0.1, -0.05) is 47.0 Å². The van der Waals surface area contributed by atoms with Crippen molar-refractivity contribution in [2.75, 3.05) is 20.4 Å². The van der Waals surface area contributed by atoms with Gasteiger partial charge in [0, 0.05) is 25.4 Å². The summed E-state index contributed by atoms with van der Waals surface area (Å²) in [6.07, 6.45) is 1.99. The van der Waals surface area contributed by atoms with Gasteiger partial charge < -0.3 is 4.90 Å². The summed E-state index contributed by atoms with van der Waals surface area (Å²) in [5.74, 6) is 0.815. The van der Waals surface area contributed by atoms with E-state index in [9.17, 15) is 4.79 Å². The first-order valence-electron chi connectivity index (χ1n) is 5.91. The lowest BCUT2D eigenvalue weighted by Gasteiger charge is -2.10. The van der Waals surface area contributed by atoms with Crippen molar-refractivity contribution < 1.29 is 4.79 Å². The summed E-state index contributed by atoms with van der Waals surface area (Å²) in [7, 11) is 3.52. The predicted octanol–water partition coefficient (Wildman–Crippen LogP) is 3.25. The van der Waals surface area contributed by atoms with E-state index < -0.39 is 0 Å². The number of hydrogen-bond donors (Lipinski definition) is 0. The summed E-state index contributed by atoms with van der Waals surface area (Å²) < 4.78 is 1.93. The number of amides is 1. The Kier molecular flexibility index (Phi) is 5.45. The molecule has 2 aromatic rings. The second-order valence-corrected chi connectivity index (χ2v) is 7.48. The van der Waals surface area contributed by atoms with Gasteiger partial charge in [0.2, 0.25) is 0 Å². The molecule has 0 atom stereocenters. The van der Waals surface area contributed by atoms with Crippen LogP contribution in [0, 0.1) is 0 Å². The molecule has 0 saturated carbocycles. The molecule has 0 saturated heterocycles. The standard InChI is InChI=1S/C13H15N3OS3/c1-16(2)11(17)10-6-4-5-9(7-10)8-19-13-15-14-12(18-3)20-13/h4-7H,8H2,1-3H3. The smallest absolute Gasteiger partial charge is 0.253 e. The normalized spacial score (nSPS) is 10.6. The number of benzene rings is 1.